The molecular weight excluding hydrogens is 328 g/mol. The molecule has 0 spiro atoms. The Hall–Kier alpha value is -1.36. The van der Waals surface area contributed by atoms with Crippen molar-refractivity contribution >= 4 is 29.7 Å². The first kappa shape index (κ1) is 18.0. The average molecular weight is 351 g/mol. The highest BCUT2D eigenvalue weighted by Crippen LogP contribution is 2.32. The van der Waals surface area contributed by atoms with E-state index in [1.165, 1.54) is 16.9 Å². The van der Waals surface area contributed by atoms with Gasteiger partial charge in [-0.05, 0) is 49.7 Å². The van der Waals surface area contributed by atoms with E-state index >= 15 is 0 Å². The molecule has 1 saturated heterocycles. The lowest BCUT2D eigenvalue weighted by Gasteiger charge is -2.21. The van der Waals surface area contributed by atoms with Crippen molar-refractivity contribution < 1.29 is 4.79 Å². The molecule has 1 aromatic carbocycles. The number of carbonyl (C=O) groups excluding carboxylic acids is 1. The van der Waals surface area contributed by atoms with Crippen molar-refractivity contribution in [3.05, 3.63) is 46.2 Å². The molecule has 3 nitrogen and oxygen atoms in total. The Balaban J connectivity index is 0.00000192. The number of rotatable bonds is 3. The third kappa shape index (κ3) is 3.60. The van der Waals surface area contributed by atoms with E-state index in [2.05, 4.69) is 38.1 Å². The van der Waals surface area contributed by atoms with Gasteiger partial charge in [0, 0.05) is 18.2 Å². The maximum absolute atomic E-state index is 12.9. The summed E-state index contributed by atoms with van der Waals surface area (Å²) in [5.74, 6) is 0.579. The fraction of sp³-hybridized carbons (Fsp3) is 0.389. The molecular formula is C18H23ClN2OS. The first-order chi connectivity index (χ1) is 10.6. The summed E-state index contributed by atoms with van der Waals surface area (Å²) in [4.78, 5) is 15.8. The van der Waals surface area contributed by atoms with Gasteiger partial charge in [0.25, 0.3) is 5.91 Å². The highest BCUT2D eigenvalue weighted by atomic mass is 35.5. The van der Waals surface area contributed by atoms with Crippen molar-refractivity contribution in [2.24, 2.45) is 11.7 Å². The lowest BCUT2D eigenvalue weighted by Crippen LogP contribution is -2.34. The Morgan fingerprint density at radius 2 is 2.00 bits per heavy atom. The van der Waals surface area contributed by atoms with E-state index in [1.807, 2.05) is 16.3 Å². The van der Waals surface area contributed by atoms with E-state index in [-0.39, 0.29) is 24.4 Å². The van der Waals surface area contributed by atoms with Gasteiger partial charge >= 0.3 is 0 Å². The predicted octanol–water partition coefficient (Wildman–Crippen LogP) is 3.95. The van der Waals surface area contributed by atoms with Crippen LogP contribution in [0.15, 0.2) is 35.7 Å². The van der Waals surface area contributed by atoms with Crippen molar-refractivity contribution in [2.75, 3.05) is 13.1 Å². The Morgan fingerprint density at radius 3 is 2.61 bits per heavy atom. The minimum atomic E-state index is 0. The van der Waals surface area contributed by atoms with Crippen LogP contribution in [0.4, 0.5) is 0 Å². The number of thiophene rings is 1. The topological polar surface area (TPSA) is 46.3 Å². The number of nitrogens with zero attached hydrogens (tertiary/aromatic N) is 1. The molecule has 0 saturated carbocycles. The van der Waals surface area contributed by atoms with Crippen LogP contribution in [-0.4, -0.2) is 29.9 Å². The van der Waals surface area contributed by atoms with Gasteiger partial charge in [-0.1, -0.05) is 29.8 Å². The van der Waals surface area contributed by atoms with Gasteiger partial charge in [0.15, 0.2) is 0 Å². The first-order valence-corrected chi connectivity index (χ1v) is 8.63. The number of hydrogen-bond donors (Lipinski definition) is 1. The molecule has 2 aromatic rings. The van der Waals surface area contributed by atoms with Crippen LogP contribution in [0.3, 0.4) is 0 Å². The van der Waals surface area contributed by atoms with Gasteiger partial charge in [-0.15, -0.1) is 23.7 Å². The monoisotopic (exact) mass is 350 g/mol. The van der Waals surface area contributed by atoms with Crippen LogP contribution in [0.5, 0.6) is 0 Å². The second-order valence-corrected chi connectivity index (χ2v) is 7.09. The maximum Gasteiger partial charge on any atom is 0.264 e. The van der Waals surface area contributed by atoms with Gasteiger partial charge in [-0.2, -0.15) is 0 Å². The van der Waals surface area contributed by atoms with Gasteiger partial charge in [0.2, 0.25) is 0 Å². The molecule has 1 aliphatic heterocycles. The molecule has 1 aromatic heterocycles. The van der Waals surface area contributed by atoms with Crippen LogP contribution < -0.4 is 5.73 Å². The van der Waals surface area contributed by atoms with Crippen molar-refractivity contribution in [2.45, 2.75) is 26.3 Å². The van der Waals surface area contributed by atoms with Gasteiger partial charge < -0.3 is 10.6 Å². The summed E-state index contributed by atoms with van der Waals surface area (Å²) in [6.07, 6.45) is 1.01. The Bertz CT molecular complexity index is 668. The molecule has 1 aliphatic rings. The zero-order valence-corrected chi connectivity index (χ0v) is 15.1. The number of nitrogens with two attached hydrogens (primary N) is 1. The number of carbonyl (C=O) groups is 1. The first-order valence-electron chi connectivity index (χ1n) is 7.75. The molecule has 0 radical (unpaired) electrons. The van der Waals surface area contributed by atoms with Gasteiger partial charge in [-0.3, -0.25) is 4.79 Å². The normalized spacial score (nSPS) is 20.4. The molecule has 5 heteroatoms. The molecule has 0 bridgehead atoms. The Labute approximate surface area is 147 Å². The van der Waals surface area contributed by atoms with E-state index in [4.69, 9.17) is 5.73 Å². The lowest BCUT2D eigenvalue weighted by atomic mass is 10.0. The standard InChI is InChI=1S/C18H22N2OS.ClH/c1-12-3-5-15(6-4-12)16-7-8-22-17(16)18(21)20-11-14(10-19)9-13(20)2;/h3-8,13-14H,9-11,19H2,1-2H3;1H. The molecule has 1 amide bonds. The second-order valence-electron chi connectivity index (χ2n) is 6.17. The number of hydrogen-bond acceptors (Lipinski definition) is 3. The van der Waals surface area contributed by atoms with E-state index in [0.717, 1.165) is 29.0 Å². The smallest absolute Gasteiger partial charge is 0.264 e. The van der Waals surface area contributed by atoms with E-state index < -0.39 is 0 Å². The van der Waals surface area contributed by atoms with Crippen LogP contribution in [0.25, 0.3) is 11.1 Å². The second kappa shape index (κ2) is 7.47. The Morgan fingerprint density at radius 1 is 1.30 bits per heavy atom. The van der Waals surface area contributed by atoms with Crippen LogP contribution in [-0.2, 0) is 0 Å². The summed E-state index contributed by atoms with van der Waals surface area (Å²) in [6.45, 7) is 5.63. The van der Waals surface area contributed by atoms with Crippen molar-refractivity contribution in [1.82, 2.24) is 4.90 Å². The number of halogens is 1. The number of likely N-dealkylation sites (tertiary alicyclic amines) is 1. The summed E-state index contributed by atoms with van der Waals surface area (Å²) in [5, 5.41) is 2.00. The highest BCUT2D eigenvalue weighted by molar-refractivity contribution is 7.12. The summed E-state index contributed by atoms with van der Waals surface area (Å²) in [6, 6.07) is 10.7. The largest absolute Gasteiger partial charge is 0.335 e. The molecule has 2 heterocycles. The third-order valence-corrected chi connectivity index (χ3v) is 5.38. The minimum absolute atomic E-state index is 0. The SMILES string of the molecule is Cc1ccc(-c2ccsc2C(=O)N2CC(CN)CC2C)cc1.Cl. The molecule has 2 unspecified atom stereocenters. The molecule has 3 rings (SSSR count). The summed E-state index contributed by atoms with van der Waals surface area (Å²) < 4.78 is 0. The van der Waals surface area contributed by atoms with Gasteiger partial charge in [0.05, 0.1) is 4.88 Å². The fourth-order valence-corrected chi connectivity index (χ4v) is 4.03. The van der Waals surface area contributed by atoms with Crippen molar-refractivity contribution in [3.63, 3.8) is 0 Å². The van der Waals surface area contributed by atoms with Crippen LogP contribution in [0.2, 0.25) is 0 Å². The molecule has 124 valence electrons. The fourth-order valence-electron chi connectivity index (χ4n) is 3.16. The quantitative estimate of drug-likeness (QED) is 0.910. The lowest BCUT2D eigenvalue weighted by molar-refractivity contribution is 0.0749. The van der Waals surface area contributed by atoms with Gasteiger partial charge in [0.1, 0.15) is 0 Å². The molecule has 0 aliphatic carbocycles. The van der Waals surface area contributed by atoms with Crippen molar-refractivity contribution in [1.29, 1.82) is 0 Å². The molecule has 1 fully saturated rings. The summed E-state index contributed by atoms with van der Waals surface area (Å²) in [5.41, 5.74) is 9.15. The maximum atomic E-state index is 12.9. The minimum Gasteiger partial charge on any atom is -0.335 e. The van der Waals surface area contributed by atoms with Crippen LogP contribution in [0.1, 0.15) is 28.6 Å². The summed E-state index contributed by atoms with van der Waals surface area (Å²) in [7, 11) is 0. The van der Waals surface area contributed by atoms with E-state index in [9.17, 15) is 4.79 Å². The highest BCUT2D eigenvalue weighted by Gasteiger charge is 2.33. The van der Waals surface area contributed by atoms with Crippen LogP contribution in [0, 0.1) is 12.8 Å². The summed E-state index contributed by atoms with van der Waals surface area (Å²) >= 11 is 1.53. The average Bonchev–Trinajstić information content (AvgIpc) is 3.14. The number of aryl methyl sites for hydroxylation is 1. The molecule has 2 N–H and O–H groups in total. The van der Waals surface area contributed by atoms with Crippen LogP contribution >= 0.6 is 23.7 Å². The van der Waals surface area contributed by atoms with E-state index in [1.54, 1.807) is 0 Å². The predicted molar refractivity (Wildman–Crippen MR) is 99.4 cm³/mol. The number of benzene rings is 1. The zero-order chi connectivity index (χ0) is 15.7. The van der Waals surface area contributed by atoms with Gasteiger partial charge in [-0.25, -0.2) is 0 Å². The molecule has 2 atom stereocenters. The zero-order valence-electron chi connectivity index (χ0n) is 13.5. The van der Waals surface area contributed by atoms with Crippen molar-refractivity contribution in [3.8, 4) is 11.1 Å². The third-order valence-electron chi connectivity index (χ3n) is 4.48. The Kier molecular flexibility index (Phi) is 5.84. The van der Waals surface area contributed by atoms with E-state index in [0.29, 0.717) is 12.5 Å². The number of amides is 1. The molecule has 23 heavy (non-hydrogen) atoms.